The Morgan fingerprint density at radius 2 is 1.93 bits per heavy atom. The average molecular weight is 231 g/mol. The summed E-state index contributed by atoms with van der Waals surface area (Å²) in [7, 11) is 0. The van der Waals surface area contributed by atoms with E-state index in [1.54, 1.807) is 0 Å². The first-order valence-electron chi connectivity index (χ1n) is 5.94. The van der Waals surface area contributed by atoms with Crippen LogP contribution in [-0.4, -0.2) is 4.98 Å². The lowest BCUT2D eigenvalue weighted by Gasteiger charge is -1.99. The smallest absolute Gasteiger partial charge is 0.254 e. The lowest BCUT2D eigenvalue weighted by atomic mass is 10.2. The first-order valence-corrected chi connectivity index (χ1v) is 5.94. The molecule has 0 radical (unpaired) electrons. The maximum absolute atomic E-state index is 3.31. The van der Waals surface area contributed by atoms with Gasteiger partial charge in [0.15, 0.2) is 0 Å². The van der Waals surface area contributed by atoms with Crippen molar-refractivity contribution in [2.45, 2.75) is 58.9 Å². The van der Waals surface area contributed by atoms with Gasteiger partial charge in [0.2, 0.25) is 0 Å². The van der Waals surface area contributed by atoms with Gasteiger partial charge in [-0.2, -0.15) is 0 Å². The molecule has 0 spiro atoms. The highest BCUT2D eigenvalue weighted by atomic mass is 35.5. The number of halogens is 1. The van der Waals surface area contributed by atoms with E-state index in [2.05, 4.69) is 29.6 Å². The molecule has 1 heterocycles. The van der Waals surface area contributed by atoms with Gasteiger partial charge in [-0.1, -0.05) is 26.7 Å². The second-order valence-electron chi connectivity index (χ2n) is 3.91. The second kappa shape index (κ2) is 8.78. The van der Waals surface area contributed by atoms with Crippen molar-refractivity contribution in [2.24, 2.45) is 0 Å². The van der Waals surface area contributed by atoms with Gasteiger partial charge in [0, 0.05) is 6.42 Å². The summed E-state index contributed by atoms with van der Waals surface area (Å²) in [6.45, 7) is 5.66. The summed E-state index contributed by atoms with van der Waals surface area (Å²) in [4.78, 5) is 3.31. The van der Waals surface area contributed by atoms with Crippen molar-refractivity contribution in [1.29, 1.82) is 0 Å². The molecule has 0 saturated heterocycles. The monoisotopic (exact) mass is 230 g/mol. The van der Waals surface area contributed by atoms with Crippen LogP contribution >= 0.6 is 0 Å². The highest BCUT2D eigenvalue weighted by Crippen LogP contribution is 1.99. The lowest BCUT2D eigenvalue weighted by Crippen LogP contribution is -3.00. The summed E-state index contributed by atoms with van der Waals surface area (Å²) in [6, 6.07) is 0. The number of imidazole rings is 1. The van der Waals surface area contributed by atoms with Gasteiger partial charge in [-0.05, 0) is 19.3 Å². The molecule has 0 fully saturated rings. The third-order valence-corrected chi connectivity index (χ3v) is 2.59. The molecule has 15 heavy (non-hydrogen) atoms. The van der Waals surface area contributed by atoms with E-state index in [1.165, 1.54) is 50.9 Å². The Morgan fingerprint density at radius 3 is 2.60 bits per heavy atom. The quantitative estimate of drug-likeness (QED) is 0.496. The lowest BCUT2D eigenvalue weighted by molar-refractivity contribution is -0.703. The molecule has 1 aromatic heterocycles. The van der Waals surface area contributed by atoms with Crippen LogP contribution in [0.15, 0.2) is 12.4 Å². The minimum absolute atomic E-state index is 0. The van der Waals surface area contributed by atoms with Crippen molar-refractivity contribution in [3.05, 3.63) is 18.2 Å². The van der Waals surface area contributed by atoms with Crippen LogP contribution in [0.4, 0.5) is 0 Å². The van der Waals surface area contributed by atoms with Gasteiger partial charge in [-0.25, -0.2) is 9.55 Å². The van der Waals surface area contributed by atoms with E-state index in [0.29, 0.717) is 0 Å². The fourth-order valence-electron chi connectivity index (χ4n) is 1.77. The summed E-state index contributed by atoms with van der Waals surface area (Å²) >= 11 is 0. The third-order valence-electron chi connectivity index (χ3n) is 2.59. The van der Waals surface area contributed by atoms with Crippen molar-refractivity contribution in [2.75, 3.05) is 0 Å². The average Bonchev–Trinajstić information content (AvgIpc) is 2.61. The van der Waals surface area contributed by atoms with Crippen LogP contribution in [0, 0.1) is 0 Å². The number of H-pyrrole nitrogens is 1. The molecule has 1 aromatic rings. The van der Waals surface area contributed by atoms with Crippen molar-refractivity contribution in [1.82, 2.24) is 4.98 Å². The van der Waals surface area contributed by atoms with Crippen LogP contribution in [0.25, 0.3) is 0 Å². The topological polar surface area (TPSA) is 19.7 Å². The van der Waals surface area contributed by atoms with E-state index in [0.717, 1.165) is 0 Å². The van der Waals surface area contributed by atoms with Crippen molar-refractivity contribution < 1.29 is 17.0 Å². The minimum atomic E-state index is 0. The summed E-state index contributed by atoms with van der Waals surface area (Å²) in [6.07, 6.45) is 12.0. The SMILES string of the molecule is CCCCCC[n+]1cc[nH]c1CCC.[Cl-]. The van der Waals surface area contributed by atoms with Gasteiger partial charge in [-0.15, -0.1) is 0 Å². The Hall–Kier alpha value is -0.500. The largest absolute Gasteiger partial charge is 1.00 e. The summed E-state index contributed by atoms with van der Waals surface area (Å²) in [5, 5.41) is 0. The molecule has 0 aliphatic rings. The van der Waals surface area contributed by atoms with E-state index < -0.39 is 0 Å². The van der Waals surface area contributed by atoms with Gasteiger partial charge in [-0.3, -0.25) is 0 Å². The molecule has 0 aromatic carbocycles. The fraction of sp³-hybridized carbons (Fsp3) is 0.750. The maximum Gasteiger partial charge on any atom is 0.254 e. The molecule has 0 unspecified atom stereocenters. The van der Waals surface area contributed by atoms with E-state index in [9.17, 15) is 0 Å². The van der Waals surface area contributed by atoms with Crippen LogP contribution in [-0.2, 0) is 13.0 Å². The first kappa shape index (κ1) is 14.5. The number of aromatic amines is 1. The van der Waals surface area contributed by atoms with Crippen LogP contribution < -0.4 is 17.0 Å². The maximum atomic E-state index is 3.31. The Balaban J connectivity index is 0.00000196. The normalized spacial score (nSPS) is 10.0. The van der Waals surface area contributed by atoms with Crippen molar-refractivity contribution in [3.63, 3.8) is 0 Å². The molecule has 0 aliphatic carbocycles. The zero-order valence-corrected chi connectivity index (χ0v) is 10.7. The molecule has 0 aliphatic heterocycles. The Bertz CT molecular complexity index is 246. The molecular formula is C12H23ClN2. The van der Waals surface area contributed by atoms with Gasteiger partial charge in [0.25, 0.3) is 5.82 Å². The number of hydrogen-bond acceptors (Lipinski definition) is 0. The molecule has 3 heteroatoms. The van der Waals surface area contributed by atoms with E-state index in [-0.39, 0.29) is 12.4 Å². The van der Waals surface area contributed by atoms with Crippen molar-refractivity contribution in [3.8, 4) is 0 Å². The van der Waals surface area contributed by atoms with Gasteiger partial charge in [0.1, 0.15) is 12.4 Å². The molecule has 1 N–H and O–H groups in total. The standard InChI is InChI=1S/C12H22N2.ClH/c1-3-5-6-7-10-14-11-9-13-12(14)8-4-2;/h9,11H,3-8,10H2,1-2H3;1H. The molecule has 88 valence electrons. The van der Waals surface area contributed by atoms with Crippen LogP contribution in [0.1, 0.15) is 51.8 Å². The summed E-state index contributed by atoms with van der Waals surface area (Å²) in [5.74, 6) is 1.38. The highest BCUT2D eigenvalue weighted by molar-refractivity contribution is 4.76. The highest BCUT2D eigenvalue weighted by Gasteiger charge is 2.07. The van der Waals surface area contributed by atoms with E-state index in [4.69, 9.17) is 0 Å². The van der Waals surface area contributed by atoms with E-state index in [1.807, 2.05) is 6.20 Å². The predicted octanol–water partition coefficient (Wildman–Crippen LogP) is -0.161. The molecule has 0 saturated carbocycles. The third kappa shape index (κ3) is 5.22. The molecule has 2 nitrogen and oxygen atoms in total. The number of nitrogens with zero attached hydrogens (tertiary/aromatic N) is 1. The number of aryl methyl sites for hydroxylation is 2. The van der Waals surface area contributed by atoms with Crippen molar-refractivity contribution >= 4 is 0 Å². The zero-order chi connectivity index (χ0) is 10.2. The molecule has 0 atom stereocenters. The molecule has 0 amide bonds. The van der Waals surface area contributed by atoms with Gasteiger partial charge >= 0.3 is 0 Å². The van der Waals surface area contributed by atoms with Crippen LogP contribution in [0.3, 0.4) is 0 Å². The fourth-order valence-corrected chi connectivity index (χ4v) is 1.77. The Kier molecular flexibility index (Phi) is 8.49. The zero-order valence-electron chi connectivity index (χ0n) is 9.93. The number of aromatic nitrogens is 2. The second-order valence-corrected chi connectivity index (χ2v) is 3.91. The predicted molar refractivity (Wildman–Crippen MR) is 59.1 cm³/mol. The minimum Gasteiger partial charge on any atom is -1.00 e. The summed E-state index contributed by atoms with van der Waals surface area (Å²) < 4.78 is 2.36. The number of unbranched alkanes of at least 4 members (excludes halogenated alkanes) is 3. The van der Waals surface area contributed by atoms with Gasteiger partial charge < -0.3 is 12.4 Å². The van der Waals surface area contributed by atoms with E-state index >= 15 is 0 Å². The first-order chi connectivity index (χ1) is 6.88. The molecule has 0 bridgehead atoms. The Labute approximate surface area is 99.5 Å². The van der Waals surface area contributed by atoms with Crippen LogP contribution in [0.2, 0.25) is 0 Å². The number of nitrogens with one attached hydrogen (secondary N) is 1. The summed E-state index contributed by atoms with van der Waals surface area (Å²) in [5.41, 5.74) is 0. The molecular weight excluding hydrogens is 208 g/mol. The number of hydrogen-bond donors (Lipinski definition) is 1. The van der Waals surface area contributed by atoms with Crippen LogP contribution in [0.5, 0.6) is 0 Å². The molecule has 1 rings (SSSR count). The van der Waals surface area contributed by atoms with Gasteiger partial charge in [0.05, 0.1) is 6.54 Å². The number of rotatable bonds is 7. The Morgan fingerprint density at radius 1 is 1.13 bits per heavy atom.